The summed E-state index contributed by atoms with van der Waals surface area (Å²) in [7, 11) is 0. The molecule has 1 aliphatic heterocycles. The molecular formula is C9H11ClN4O. The van der Waals surface area contributed by atoms with Crippen LogP contribution in [0, 0.1) is 0 Å². The predicted molar refractivity (Wildman–Crippen MR) is 56.4 cm³/mol. The molecule has 0 saturated carbocycles. The van der Waals surface area contributed by atoms with Crippen LogP contribution in [0.4, 0.5) is 5.82 Å². The van der Waals surface area contributed by atoms with E-state index in [9.17, 15) is 4.79 Å². The third kappa shape index (κ3) is 2.08. The van der Waals surface area contributed by atoms with Crippen molar-refractivity contribution in [3.63, 3.8) is 0 Å². The highest BCUT2D eigenvalue weighted by Gasteiger charge is 2.36. The first-order chi connectivity index (χ1) is 6.98. The standard InChI is InChI=1S/C9H11ClN4O/c1-9(2)5-8(15)14(13-9)7-4-3-6(10)11-12-7/h3-4,13H,5H2,1-2H3. The molecule has 1 fully saturated rings. The van der Waals surface area contributed by atoms with Crippen molar-refractivity contribution in [2.45, 2.75) is 25.8 Å². The molecule has 0 unspecified atom stereocenters. The summed E-state index contributed by atoms with van der Waals surface area (Å²) in [4.78, 5) is 11.6. The molecule has 2 heterocycles. The minimum absolute atomic E-state index is 0.0170. The van der Waals surface area contributed by atoms with Gasteiger partial charge in [-0.15, -0.1) is 10.2 Å². The summed E-state index contributed by atoms with van der Waals surface area (Å²) < 4.78 is 0. The lowest BCUT2D eigenvalue weighted by molar-refractivity contribution is -0.117. The Hall–Kier alpha value is -1.20. The Labute approximate surface area is 92.4 Å². The smallest absolute Gasteiger partial charge is 0.244 e. The van der Waals surface area contributed by atoms with Crippen LogP contribution in [-0.2, 0) is 4.79 Å². The van der Waals surface area contributed by atoms with Gasteiger partial charge in [-0.1, -0.05) is 11.6 Å². The Kier molecular flexibility index (Phi) is 2.36. The Morgan fingerprint density at radius 1 is 1.47 bits per heavy atom. The minimum atomic E-state index is -0.238. The lowest BCUT2D eigenvalue weighted by atomic mass is 10.0. The number of carbonyl (C=O) groups is 1. The summed E-state index contributed by atoms with van der Waals surface area (Å²) in [6.07, 6.45) is 0.442. The number of nitrogens with one attached hydrogen (secondary N) is 1. The highest BCUT2D eigenvalue weighted by Crippen LogP contribution is 2.22. The van der Waals surface area contributed by atoms with Crippen molar-refractivity contribution in [2.24, 2.45) is 0 Å². The second-order valence-electron chi connectivity index (χ2n) is 4.12. The lowest BCUT2D eigenvalue weighted by Crippen LogP contribution is -2.42. The fraction of sp³-hybridized carbons (Fsp3) is 0.444. The number of carbonyl (C=O) groups excluding carboxylic acids is 1. The second-order valence-corrected chi connectivity index (χ2v) is 4.50. The van der Waals surface area contributed by atoms with Crippen LogP contribution < -0.4 is 10.4 Å². The van der Waals surface area contributed by atoms with E-state index in [1.807, 2.05) is 13.8 Å². The molecule has 1 saturated heterocycles. The number of nitrogens with zero attached hydrogens (tertiary/aromatic N) is 3. The van der Waals surface area contributed by atoms with Gasteiger partial charge in [-0.25, -0.2) is 10.4 Å². The SMILES string of the molecule is CC1(C)CC(=O)N(c2ccc(Cl)nn2)N1. The van der Waals surface area contributed by atoms with Crippen molar-refractivity contribution >= 4 is 23.3 Å². The molecular weight excluding hydrogens is 216 g/mol. The van der Waals surface area contributed by atoms with E-state index in [-0.39, 0.29) is 11.4 Å². The maximum Gasteiger partial charge on any atom is 0.244 e. The summed E-state index contributed by atoms with van der Waals surface area (Å²) in [5.74, 6) is 0.451. The van der Waals surface area contributed by atoms with E-state index >= 15 is 0 Å². The number of halogens is 1. The van der Waals surface area contributed by atoms with Crippen molar-refractivity contribution in [3.8, 4) is 0 Å². The van der Waals surface area contributed by atoms with Gasteiger partial charge in [0.05, 0.1) is 0 Å². The van der Waals surface area contributed by atoms with E-state index in [4.69, 9.17) is 11.6 Å². The van der Waals surface area contributed by atoms with Crippen LogP contribution in [0.1, 0.15) is 20.3 Å². The number of hydrazine groups is 1. The molecule has 0 spiro atoms. The van der Waals surface area contributed by atoms with Gasteiger partial charge in [0.1, 0.15) is 0 Å². The molecule has 6 heteroatoms. The van der Waals surface area contributed by atoms with E-state index in [0.29, 0.717) is 17.4 Å². The second kappa shape index (κ2) is 3.43. The number of hydrogen-bond acceptors (Lipinski definition) is 4. The molecule has 0 aromatic carbocycles. The van der Waals surface area contributed by atoms with Crippen LogP contribution in [-0.4, -0.2) is 21.6 Å². The molecule has 15 heavy (non-hydrogen) atoms. The van der Waals surface area contributed by atoms with E-state index < -0.39 is 0 Å². The van der Waals surface area contributed by atoms with E-state index in [1.165, 1.54) is 5.01 Å². The summed E-state index contributed by atoms with van der Waals surface area (Å²) in [5.41, 5.74) is 2.82. The molecule has 0 aliphatic carbocycles. The molecule has 0 radical (unpaired) electrons. The molecule has 2 rings (SSSR count). The lowest BCUT2D eigenvalue weighted by Gasteiger charge is -2.20. The van der Waals surface area contributed by atoms with Crippen LogP contribution in [0.25, 0.3) is 0 Å². The average molecular weight is 227 g/mol. The predicted octanol–water partition coefficient (Wildman–Crippen LogP) is 1.15. The van der Waals surface area contributed by atoms with Gasteiger partial charge in [-0.05, 0) is 26.0 Å². The third-order valence-corrected chi connectivity index (χ3v) is 2.31. The van der Waals surface area contributed by atoms with Gasteiger partial charge in [0.25, 0.3) is 0 Å². The van der Waals surface area contributed by atoms with Gasteiger partial charge in [0.2, 0.25) is 5.91 Å². The van der Waals surface area contributed by atoms with E-state index in [0.717, 1.165) is 0 Å². The molecule has 1 amide bonds. The zero-order chi connectivity index (χ0) is 11.1. The number of aromatic nitrogens is 2. The largest absolute Gasteiger partial charge is 0.273 e. The molecule has 0 bridgehead atoms. The van der Waals surface area contributed by atoms with Crippen molar-refractivity contribution in [1.29, 1.82) is 0 Å². The molecule has 0 atom stereocenters. The quantitative estimate of drug-likeness (QED) is 0.781. The van der Waals surface area contributed by atoms with Crippen molar-refractivity contribution in [3.05, 3.63) is 17.3 Å². The monoisotopic (exact) mass is 226 g/mol. The third-order valence-electron chi connectivity index (χ3n) is 2.10. The van der Waals surface area contributed by atoms with Crippen molar-refractivity contribution < 1.29 is 4.79 Å². The summed E-state index contributed by atoms with van der Waals surface area (Å²) >= 11 is 5.61. The number of anilines is 1. The minimum Gasteiger partial charge on any atom is -0.273 e. The number of amides is 1. The van der Waals surface area contributed by atoms with Gasteiger partial charge in [-0.2, -0.15) is 0 Å². The first-order valence-electron chi connectivity index (χ1n) is 4.58. The fourth-order valence-corrected chi connectivity index (χ4v) is 1.58. The van der Waals surface area contributed by atoms with Gasteiger partial charge in [-0.3, -0.25) is 4.79 Å². The molecule has 1 aromatic rings. The van der Waals surface area contributed by atoms with Gasteiger partial charge in [0, 0.05) is 12.0 Å². The average Bonchev–Trinajstić information content (AvgIpc) is 2.41. The maximum atomic E-state index is 11.6. The highest BCUT2D eigenvalue weighted by atomic mass is 35.5. The first-order valence-corrected chi connectivity index (χ1v) is 4.96. The van der Waals surface area contributed by atoms with Gasteiger partial charge in [0.15, 0.2) is 11.0 Å². The molecule has 5 nitrogen and oxygen atoms in total. The topological polar surface area (TPSA) is 58.1 Å². The van der Waals surface area contributed by atoms with E-state index in [2.05, 4.69) is 15.6 Å². The van der Waals surface area contributed by atoms with Crippen LogP contribution in [0.3, 0.4) is 0 Å². The Morgan fingerprint density at radius 2 is 2.20 bits per heavy atom. The maximum absolute atomic E-state index is 11.6. The number of hydrogen-bond donors (Lipinski definition) is 1. The molecule has 1 aliphatic rings. The summed E-state index contributed by atoms with van der Waals surface area (Å²) in [6, 6.07) is 3.26. The Balaban J connectivity index is 2.25. The highest BCUT2D eigenvalue weighted by molar-refractivity contribution is 6.29. The van der Waals surface area contributed by atoms with E-state index in [1.54, 1.807) is 12.1 Å². The fourth-order valence-electron chi connectivity index (χ4n) is 1.47. The van der Waals surface area contributed by atoms with Gasteiger partial charge < -0.3 is 0 Å². The molecule has 80 valence electrons. The Bertz CT molecular complexity index is 390. The van der Waals surface area contributed by atoms with Gasteiger partial charge >= 0.3 is 0 Å². The summed E-state index contributed by atoms with van der Waals surface area (Å²) in [5, 5.41) is 9.24. The van der Waals surface area contributed by atoms with Crippen molar-refractivity contribution in [2.75, 3.05) is 5.01 Å². The van der Waals surface area contributed by atoms with Crippen LogP contribution in [0.5, 0.6) is 0 Å². The molecule has 1 N–H and O–H groups in total. The molecule has 1 aromatic heterocycles. The zero-order valence-electron chi connectivity index (χ0n) is 8.49. The normalized spacial score (nSPS) is 19.7. The Morgan fingerprint density at radius 3 is 2.67 bits per heavy atom. The van der Waals surface area contributed by atoms with Crippen LogP contribution in [0.2, 0.25) is 5.15 Å². The summed E-state index contributed by atoms with van der Waals surface area (Å²) in [6.45, 7) is 3.91. The van der Waals surface area contributed by atoms with Crippen LogP contribution >= 0.6 is 11.6 Å². The first kappa shape index (κ1) is 10.3. The zero-order valence-corrected chi connectivity index (χ0v) is 9.25. The number of rotatable bonds is 1. The van der Waals surface area contributed by atoms with Crippen molar-refractivity contribution in [1.82, 2.24) is 15.6 Å². The van der Waals surface area contributed by atoms with Crippen LogP contribution in [0.15, 0.2) is 12.1 Å².